The van der Waals surface area contributed by atoms with E-state index in [0.717, 1.165) is 4.90 Å². The number of amides is 1. The van der Waals surface area contributed by atoms with Crippen LogP contribution in [0.15, 0.2) is 58.2 Å². The van der Waals surface area contributed by atoms with Crippen molar-refractivity contribution in [3.05, 3.63) is 64.3 Å². The summed E-state index contributed by atoms with van der Waals surface area (Å²) in [4.78, 5) is 38.2. The molecule has 0 radical (unpaired) electrons. The fourth-order valence-corrected chi connectivity index (χ4v) is 3.56. The molecule has 1 aliphatic heterocycles. The van der Waals surface area contributed by atoms with Crippen LogP contribution < -0.4 is 15.5 Å². The summed E-state index contributed by atoms with van der Waals surface area (Å²) < 4.78 is 6.65. The van der Waals surface area contributed by atoms with Crippen molar-refractivity contribution in [1.29, 1.82) is 0 Å². The molecule has 1 N–H and O–H groups in total. The van der Waals surface area contributed by atoms with Crippen LogP contribution in [-0.4, -0.2) is 36.2 Å². The second-order valence-corrected chi connectivity index (χ2v) is 6.64. The largest absolute Gasteiger partial charge is 0.497 e. The first-order chi connectivity index (χ1) is 12.0. The second-order valence-electron chi connectivity index (χ2n) is 5.44. The maximum Gasteiger partial charge on any atom is 0.250 e. The molecule has 0 bridgehead atoms. The minimum atomic E-state index is -1.01. The molecule has 1 heterocycles. The first-order valence-corrected chi connectivity index (χ1v) is 8.32. The molecule has 1 unspecified atom stereocenters. The van der Waals surface area contributed by atoms with Gasteiger partial charge in [0.2, 0.25) is 5.43 Å². The van der Waals surface area contributed by atoms with E-state index in [9.17, 15) is 14.4 Å². The van der Waals surface area contributed by atoms with E-state index in [-0.39, 0.29) is 16.9 Å². The zero-order valence-corrected chi connectivity index (χ0v) is 14.5. The van der Waals surface area contributed by atoms with Gasteiger partial charge in [0.25, 0.3) is 5.91 Å². The van der Waals surface area contributed by atoms with Crippen molar-refractivity contribution < 1.29 is 14.3 Å². The summed E-state index contributed by atoms with van der Waals surface area (Å²) in [5.41, 5.74) is 0.238. The lowest BCUT2D eigenvalue weighted by Crippen LogP contribution is -2.47. The quantitative estimate of drug-likeness (QED) is 0.671. The Labute approximate surface area is 148 Å². The Morgan fingerprint density at radius 1 is 1.12 bits per heavy atom. The van der Waals surface area contributed by atoms with Crippen molar-refractivity contribution in [2.45, 2.75) is 10.9 Å². The zero-order valence-electron chi connectivity index (χ0n) is 13.7. The molecule has 0 aliphatic carbocycles. The van der Waals surface area contributed by atoms with E-state index in [1.165, 1.54) is 37.3 Å². The molecule has 0 fully saturated rings. The summed E-state index contributed by atoms with van der Waals surface area (Å²) >= 11 is 1.32. The van der Waals surface area contributed by atoms with Gasteiger partial charge in [-0.2, -0.15) is 0 Å². The number of benzene rings is 1. The highest BCUT2D eigenvalue weighted by atomic mass is 32.2. The van der Waals surface area contributed by atoms with Crippen LogP contribution in [-0.2, 0) is 4.79 Å². The number of rotatable bonds is 3. The Balaban J connectivity index is 1.88. The average molecular weight is 356 g/mol. The molecule has 0 saturated heterocycles. The minimum Gasteiger partial charge on any atom is -0.497 e. The third-order valence-electron chi connectivity index (χ3n) is 3.83. The Morgan fingerprint density at radius 2 is 1.84 bits per heavy atom. The number of likely N-dealkylation sites (N-methyl/N-ethyl adjacent to an activating group) is 1. The highest BCUT2D eigenvalue weighted by Crippen LogP contribution is 2.33. The summed E-state index contributed by atoms with van der Waals surface area (Å²) in [6.07, 6.45) is 0. The number of nitrogens with zero attached hydrogens (tertiary/aromatic N) is 1. The fourth-order valence-electron chi connectivity index (χ4n) is 2.55. The van der Waals surface area contributed by atoms with E-state index in [4.69, 9.17) is 4.74 Å². The van der Waals surface area contributed by atoms with Gasteiger partial charge in [-0.05, 0) is 49.3 Å². The molecule has 7 heteroatoms. The van der Waals surface area contributed by atoms with Gasteiger partial charge >= 0.3 is 0 Å². The van der Waals surface area contributed by atoms with Crippen LogP contribution in [0.25, 0.3) is 0 Å². The summed E-state index contributed by atoms with van der Waals surface area (Å²) in [7, 11) is 3.16. The van der Waals surface area contributed by atoms with E-state index in [1.54, 1.807) is 29.6 Å². The number of hydrogen-bond acceptors (Lipinski definition) is 6. The van der Waals surface area contributed by atoms with Gasteiger partial charge in [0, 0.05) is 10.5 Å². The van der Waals surface area contributed by atoms with Crippen LogP contribution in [0.1, 0.15) is 10.4 Å². The van der Waals surface area contributed by atoms with E-state index in [0.29, 0.717) is 11.3 Å². The Morgan fingerprint density at radius 3 is 2.60 bits per heavy atom. The first-order valence-electron chi connectivity index (χ1n) is 7.54. The lowest BCUT2D eigenvalue weighted by molar-refractivity contribution is -0.118. The van der Waals surface area contributed by atoms with Crippen molar-refractivity contribution in [2.75, 3.05) is 19.5 Å². The van der Waals surface area contributed by atoms with Crippen molar-refractivity contribution in [1.82, 2.24) is 4.31 Å². The minimum absolute atomic E-state index is 0.0957. The normalized spacial score (nSPS) is 16.9. The van der Waals surface area contributed by atoms with Crippen LogP contribution in [0.3, 0.4) is 0 Å². The number of ether oxygens (including phenoxy) is 1. The molecular formula is C18H16N2O4S. The average Bonchev–Trinajstić information content (AvgIpc) is 2.77. The van der Waals surface area contributed by atoms with Gasteiger partial charge in [0.05, 0.1) is 12.8 Å². The highest BCUT2D eigenvalue weighted by molar-refractivity contribution is 7.97. The SMILES string of the molecule is COc1ccc(NC(=O)C2C(=O)c3ccccc3SN2C)c(=O)cc1. The highest BCUT2D eigenvalue weighted by Gasteiger charge is 2.37. The Hall–Kier alpha value is -2.64. The van der Waals surface area contributed by atoms with Gasteiger partial charge in [-0.25, -0.2) is 4.31 Å². The fraction of sp³-hybridized carbons (Fsp3) is 0.167. The number of fused-ring (bicyclic) bond motifs is 1. The van der Waals surface area contributed by atoms with Crippen molar-refractivity contribution in [2.24, 2.45) is 0 Å². The number of hydrogen-bond donors (Lipinski definition) is 1. The van der Waals surface area contributed by atoms with Crippen LogP contribution in [0.2, 0.25) is 0 Å². The topological polar surface area (TPSA) is 75.7 Å². The first kappa shape index (κ1) is 17.2. The molecular weight excluding hydrogens is 340 g/mol. The summed E-state index contributed by atoms with van der Waals surface area (Å²) in [6, 6.07) is 12.0. The van der Waals surface area contributed by atoms with Crippen LogP contribution in [0.4, 0.5) is 5.69 Å². The maximum atomic E-state index is 12.7. The van der Waals surface area contributed by atoms with Crippen LogP contribution >= 0.6 is 11.9 Å². The number of anilines is 1. The van der Waals surface area contributed by atoms with Crippen LogP contribution in [0.5, 0.6) is 5.75 Å². The van der Waals surface area contributed by atoms with Gasteiger partial charge in [0.1, 0.15) is 5.75 Å². The standard InChI is InChI=1S/C18H16N2O4S/c1-20-16(17(22)12-5-3-4-6-15(12)25-20)18(23)19-13-9-7-11(24-2)8-10-14(13)21/h3-10,16H,1-2H3,(H,19,21,23). The number of ketones is 1. The van der Waals surface area contributed by atoms with Gasteiger partial charge in [-0.1, -0.05) is 18.2 Å². The molecule has 0 spiro atoms. The molecule has 6 nitrogen and oxygen atoms in total. The number of carbonyl (C=O) groups is 2. The summed E-state index contributed by atoms with van der Waals surface area (Å²) in [5, 5.41) is 2.56. The second kappa shape index (κ2) is 7.08. The molecule has 2 aromatic carbocycles. The van der Waals surface area contributed by atoms with Gasteiger partial charge in [-0.15, -0.1) is 0 Å². The van der Waals surface area contributed by atoms with Crippen LogP contribution in [0, 0.1) is 0 Å². The molecule has 25 heavy (non-hydrogen) atoms. The predicted octanol–water partition coefficient (Wildman–Crippen LogP) is 2.20. The summed E-state index contributed by atoms with van der Waals surface area (Å²) in [6.45, 7) is 0. The molecule has 0 aromatic heterocycles. The summed E-state index contributed by atoms with van der Waals surface area (Å²) in [5.74, 6) is -0.343. The van der Waals surface area contributed by atoms with E-state index >= 15 is 0 Å². The Kier molecular flexibility index (Phi) is 4.87. The van der Waals surface area contributed by atoms with E-state index in [1.807, 2.05) is 12.1 Å². The molecule has 0 saturated carbocycles. The molecule has 1 aliphatic rings. The molecule has 1 amide bonds. The molecule has 2 aromatic rings. The molecule has 1 atom stereocenters. The third-order valence-corrected chi connectivity index (χ3v) is 4.88. The molecule has 128 valence electrons. The number of Topliss-reactive ketones (excluding diaryl/α,β-unsaturated/α-hetero) is 1. The smallest absolute Gasteiger partial charge is 0.250 e. The van der Waals surface area contributed by atoms with Crippen molar-refractivity contribution in [3.8, 4) is 5.75 Å². The lowest BCUT2D eigenvalue weighted by atomic mass is 10.0. The zero-order chi connectivity index (χ0) is 18.0. The monoisotopic (exact) mass is 356 g/mol. The van der Waals surface area contributed by atoms with Gasteiger partial charge < -0.3 is 10.1 Å². The van der Waals surface area contributed by atoms with Gasteiger partial charge in [0.15, 0.2) is 11.8 Å². The number of nitrogens with one attached hydrogen (secondary N) is 1. The predicted molar refractivity (Wildman–Crippen MR) is 96.1 cm³/mol. The maximum absolute atomic E-state index is 12.7. The Bertz CT molecular complexity index is 900. The van der Waals surface area contributed by atoms with Gasteiger partial charge in [-0.3, -0.25) is 14.4 Å². The lowest BCUT2D eigenvalue weighted by Gasteiger charge is -2.30. The molecule has 3 rings (SSSR count). The van der Waals surface area contributed by atoms with E-state index in [2.05, 4.69) is 5.32 Å². The van der Waals surface area contributed by atoms with Crippen molar-refractivity contribution >= 4 is 29.3 Å². The van der Waals surface area contributed by atoms with Crippen molar-refractivity contribution in [3.63, 3.8) is 0 Å². The number of carbonyl (C=O) groups excluding carboxylic acids is 2. The third kappa shape index (κ3) is 3.42. The number of methoxy groups -OCH3 is 1. The van der Waals surface area contributed by atoms with E-state index < -0.39 is 11.9 Å².